The van der Waals surface area contributed by atoms with Gasteiger partial charge in [0.25, 0.3) is 0 Å². The number of nitrogens with one attached hydrogen (secondary N) is 1. The number of anilines is 1. The highest BCUT2D eigenvalue weighted by atomic mass is 32.2. The highest BCUT2D eigenvalue weighted by Gasteiger charge is 2.27. The van der Waals surface area contributed by atoms with Gasteiger partial charge in [-0.15, -0.1) is 0 Å². The van der Waals surface area contributed by atoms with Crippen molar-refractivity contribution in [1.29, 1.82) is 0 Å². The molecule has 1 amide bonds. The van der Waals surface area contributed by atoms with Gasteiger partial charge in [0.1, 0.15) is 6.54 Å². The van der Waals surface area contributed by atoms with E-state index in [1.807, 2.05) is 6.07 Å². The fourth-order valence-corrected chi connectivity index (χ4v) is 5.24. The third kappa shape index (κ3) is 7.55. The van der Waals surface area contributed by atoms with Gasteiger partial charge in [0.15, 0.2) is 0 Å². The Bertz CT molecular complexity index is 960. The second-order valence-electron chi connectivity index (χ2n) is 8.81. The van der Waals surface area contributed by atoms with E-state index in [9.17, 15) is 13.2 Å². The number of carbonyl (C=O) groups is 1. The lowest BCUT2D eigenvalue weighted by Gasteiger charge is -2.32. The number of para-hydroxylation sites is 1. The van der Waals surface area contributed by atoms with Crippen LogP contribution >= 0.6 is 0 Å². The number of benzene rings is 2. The predicted molar refractivity (Wildman–Crippen MR) is 133 cm³/mol. The Hall–Kier alpha value is -2.42. The number of hydrogen-bond acceptors (Lipinski definition) is 4. The van der Waals surface area contributed by atoms with E-state index in [1.54, 1.807) is 24.3 Å². The van der Waals surface area contributed by atoms with Gasteiger partial charge in [-0.25, -0.2) is 4.31 Å². The van der Waals surface area contributed by atoms with Crippen LogP contribution in [0, 0.1) is 5.92 Å². The van der Waals surface area contributed by atoms with Crippen LogP contribution in [0.5, 0.6) is 0 Å². The lowest BCUT2D eigenvalue weighted by atomic mass is 9.90. The monoisotopic (exact) mass is 472 g/mol. The minimum Gasteiger partial charge on any atom is -0.354 e. The summed E-state index contributed by atoms with van der Waals surface area (Å²) in [6, 6.07) is 19.4. The molecule has 0 unspecified atom stereocenters. The van der Waals surface area contributed by atoms with Crippen molar-refractivity contribution in [2.24, 2.45) is 5.92 Å². The Morgan fingerprint density at radius 1 is 1.00 bits per heavy atom. The Morgan fingerprint density at radius 2 is 1.61 bits per heavy atom. The van der Waals surface area contributed by atoms with Crippen LogP contribution in [0.1, 0.15) is 24.8 Å². The average Bonchev–Trinajstić information content (AvgIpc) is 2.82. The highest BCUT2D eigenvalue weighted by Crippen LogP contribution is 2.22. The summed E-state index contributed by atoms with van der Waals surface area (Å²) < 4.78 is 27.7. The maximum atomic E-state index is 12.7. The molecule has 7 nitrogen and oxygen atoms in total. The molecule has 3 rings (SSSR count). The molecule has 1 aliphatic rings. The van der Waals surface area contributed by atoms with Crippen molar-refractivity contribution in [2.45, 2.75) is 25.7 Å². The van der Waals surface area contributed by atoms with Crippen molar-refractivity contribution < 1.29 is 13.2 Å². The van der Waals surface area contributed by atoms with Gasteiger partial charge in [0.05, 0.1) is 5.69 Å². The van der Waals surface area contributed by atoms with E-state index in [2.05, 4.69) is 40.5 Å². The van der Waals surface area contributed by atoms with Crippen LogP contribution < -0.4 is 9.62 Å². The number of hydrogen-bond donors (Lipinski definition) is 1. The van der Waals surface area contributed by atoms with E-state index in [0.29, 0.717) is 12.2 Å². The van der Waals surface area contributed by atoms with Crippen molar-refractivity contribution in [3.8, 4) is 0 Å². The summed E-state index contributed by atoms with van der Waals surface area (Å²) >= 11 is 0. The van der Waals surface area contributed by atoms with Crippen LogP contribution in [0.25, 0.3) is 0 Å². The first-order chi connectivity index (χ1) is 15.9. The smallest absolute Gasteiger partial charge is 0.304 e. The van der Waals surface area contributed by atoms with Crippen molar-refractivity contribution >= 4 is 21.8 Å². The van der Waals surface area contributed by atoms with Crippen LogP contribution in [0.4, 0.5) is 5.69 Å². The summed E-state index contributed by atoms with van der Waals surface area (Å²) in [6.07, 6.45) is 4.41. The summed E-state index contributed by atoms with van der Waals surface area (Å²) in [7, 11) is -0.836. The Labute approximate surface area is 198 Å². The molecule has 1 aliphatic heterocycles. The number of piperidine rings is 1. The quantitative estimate of drug-likeness (QED) is 0.511. The summed E-state index contributed by atoms with van der Waals surface area (Å²) in [5.41, 5.74) is 1.89. The Kier molecular flexibility index (Phi) is 9.29. The normalized spacial score (nSPS) is 15.5. The molecular formula is C25H36N4O3S. The Balaban J connectivity index is 1.39. The molecule has 2 aromatic carbocycles. The number of rotatable bonds is 11. The fraction of sp³-hybridized carbons (Fsp3) is 0.480. The lowest BCUT2D eigenvalue weighted by molar-refractivity contribution is -0.119. The topological polar surface area (TPSA) is 73.0 Å². The highest BCUT2D eigenvalue weighted by molar-refractivity contribution is 7.90. The molecule has 2 aromatic rings. The van der Waals surface area contributed by atoms with Gasteiger partial charge in [0, 0.05) is 20.6 Å². The van der Waals surface area contributed by atoms with Crippen molar-refractivity contribution in [3.05, 3.63) is 66.2 Å². The summed E-state index contributed by atoms with van der Waals surface area (Å²) in [6.45, 7) is 3.42. The molecule has 180 valence electrons. The zero-order valence-electron chi connectivity index (χ0n) is 19.7. The average molecular weight is 473 g/mol. The lowest BCUT2D eigenvalue weighted by Crippen LogP contribution is -2.46. The van der Waals surface area contributed by atoms with Crippen molar-refractivity contribution in [1.82, 2.24) is 14.5 Å². The van der Waals surface area contributed by atoms with Crippen LogP contribution in [-0.2, 0) is 21.4 Å². The molecule has 8 heteroatoms. The van der Waals surface area contributed by atoms with E-state index in [1.165, 1.54) is 32.5 Å². The van der Waals surface area contributed by atoms with Gasteiger partial charge in [-0.05, 0) is 68.9 Å². The first kappa shape index (κ1) is 25.2. The number of amides is 1. The first-order valence-corrected chi connectivity index (χ1v) is 13.0. The standard InChI is InChI=1S/C25H36N4O3S/c1-27(2)33(31,32)29(24-12-7-4-8-13-24)21-25(30)26-16-9-17-28-18-14-23(15-19-28)20-22-10-5-3-6-11-22/h3-8,10-13,23H,9,14-21H2,1-2H3,(H,26,30). The van der Waals surface area contributed by atoms with Gasteiger partial charge in [-0.2, -0.15) is 12.7 Å². The van der Waals surface area contributed by atoms with Gasteiger partial charge >= 0.3 is 10.2 Å². The maximum absolute atomic E-state index is 12.7. The Morgan fingerprint density at radius 3 is 2.21 bits per heavy atom. The molecule has 0 atom stereocenters. The third-order valence-corrected chi connectivity index (χ3v) is 7.94. The zero-order valence-corrected chi connectivity index (χ0v) is 20.5. The molecule has 0 bridgehead atoms. The van der Waals surface area contributed by atoms with Gasteiger partial charge in [-0.1, -0.05) is 48.5 Å². The molecule has 33 heavy (non-hydrogen) atoms. The molecule has 1 N–H and O–H groups in total. The SMILES string of the molecule is CN(C)S(=O)(=O)N(CC(=O)NCCCN1CCC(Cc2ccccc2)CC1)c1ccccc1. The molecule has 0 radical (unpaired) electrons. The van der Waals surface area contributed by atoms with E-state index >= 15 is 0 Å². The second kappa shape index (κ2) is 12.2. The maximum Gasteiger partial charge on any atom is 0.304 e. The van der Waals surface area contributed by atoms with Crippen LogP contribution in [-0.4, -0.2) is 70.3 Å². The molecule has 1 heterocycles. The number of carbonyl (C=O) groups excluding carboxylic acids is 1. The molecule has 0 spiro atoms. The van der Waals surface area contributed by atoms with Gasteiger partial charge in [0.2, 0.25) is 5.91 Å². The van der Waals surface area contributed by atoms with E-state index in [0.717, 1.165) is 47.0 Å². The molecular weight excluding hydrogens is 436 g/mol. The molecule has 1 saturated heterocycles. The van der Waals surface area contributed by atoms with Crippen molar-refractivity contribution in [2.75, 3.05) is 51.1 Å². The zero-order chi connectivity index (χ0) is 23.7. The van der Waals surface area contributed by atoms with E-state index in [4.69, 9.17) is 0 Å². The van der Waals surface area contributed by atoms with Crippen LogP contribution in [0.3, 0.4) is 0 Å². The largest absolute Gasteiger partial charge is 0.354 e. The summed E-state index contributed by atoms with van der Waals surface area (Å²) in [5.74, 6) is 0.441. The minimum absolute atomic E-state index is 0.241. The fourth-order valence-electron chi connectivity index (χ4n) is 4.18. The predicted octanol–water partition coefficient (Wildman–Crippen LogP) is 2.76. The summed E-state index contributed by atoms with van der Waals surface area (Å²) in [4.78, 5) is 15.0. The third-order valence-electron chi connectivity index (χ3n) is 6.12. The van der Waals surface area contributed by atoms with E-state index < -0.39 is 10.2 Å². The minimum atomic E-state index is -3.77. The molecule has 0 aromatic heterocycles. The van der Waals surface area contributed by atoms with Crippen LogP contribution in [0.15, 0.2) is 60.7 Å². The van der Waals surface area contributed by atoms with Gasteiger partial charge in [-0.3, -0.25) is 4.79 Å². The van der Waals surface area contributed by atoms with Crippen molar-refractivity contribution in [3.63, 3.8) is 0 Å². The summed E-state index contributed by atoms with van der Waals surface area (Å²) in [5, 5.41) is 2.88. The molecule has 0 saturated carbocycles. The first-order valence-electron chi connectivity index (χ1n) is 11.6. The number of nitrogens with zero attached hydrogens (tertiary/aromatic N) is 3. The number of likely N-dealkylation sites (tertiary alicyclic amines) is 1. The van der Waals surface area contributed by atoms with Gasteiger partial charge < -0.3 is 10.2 Å². The van der Waals surface area contributed by atoms with E-state index in [-0.39, 0.29) is 12.5 Å². The second-order valence-corrected chi connectivity index (χ2v) is 10.9. The molecule has 1 fully saturated rings. The van der Waals surface area contributed by atoms with Crippen LogP contribution in [0.2, 0.25) is 0 Å². The molecule has 0 aliphatic carbocycles.